The van der Waals surface area contributed by atoms with Crippen LogP contribution in [0.1, 0.15) is 96.2 Å². The first-order chi connectivity index (χ1) is 30.4. The van der Waals surface area contributed by atoms with E-state index in [2.05, 4.69) is 41.0 Å². The zero-order chi connectivity index (χ0) is 45.0. The molecule has 1 aliphatic heterocycles. The molecule has 1 aliphatic carbocycles. The number of carbonyl (C=O) groups is 6. The minimum absolute atomic E-state index is 0.000794. The van der Waals surface area contributed by atoms with Gasteiger partial charge in [0.1, 0.15) is 23.8 Å². The lowest BCUT2D eigenvalue weighted by atomic mass is 10.0. The van der Waals surface area contributed by atoms with Gasteiger partial charge in [0.15, 0.2) is 5.78 Å². The van der Waals surface area contributed by atoms with Crippen LogP contribution in [0.25, 0.3) is 11.0 Å². The Morgan fingerprint density at radius 1 is 0.952 bits per heavy atom. The van der Waals surface area contributed by atoms with Gasteiger partial charge >= 0.3 is 0 Å². The monoisotopic (exact) mass is 863 g/mol. The summed E-state index contributed by atoms with van der Waals surface area (Å²) < 4.78 is 1.70. The van der Waals surface area contributed by atoms with Gasteiger partial charge < -0.3 is 31.0 Å². The maximum atomic E-state index is 13.6. The van der Waals surface area contributed by atoms with Crippen molar-refractivity contribution in [3.8, 4) is 0 Å². The summed E-state index contributed by atoms with van der Waals surface area (Å²) in [5, 5.41) is 12.3. The maximum Gasteiger partial charge on any atom is 0.263 e. The highest BCUT2D eigenvalue weighted by molar-refractivity contribution is 6.05. The fraction of sp³-hybridized carbons (Fsp3) is 0.467. The lowest BCUT2D eigenvalue weighted by Gasteiger charge is -2.36. The van der Waals surface area contributed by atoms with Crippen LogP contribution in [0.4, 0.5) is 23.1 Å². The number of hydrogen-bond donors (Lipinski definition) is 4. The van der Waals surface area contributed by atoms with E-state index in [0.717, 1.165) is 81.8 Å². The highest BCUT2D eigenvalue weighted by Gasteiger charge is 2.31. The van der Waals surface area contributed by atoms with Crippen molar-refractivity contribution in [2.45, 2.75) is 84.2 Å². The third kappa shape index (κ3) is 10.9. The number of rotatable bonds is 20. The summed E-state index contributed by atoms with van der Waals surface area (Å²) in [6, 6.07) is 7.67. The minimum Gasteiger partial charge on any atom is -0.376 e. The van der Waals surface area contributed by atoms with Crippen LogP contribution in [0, 0.1) is 13.8 Å². The van der Waals surface area contributed by atoms with E-state index in [0.29, 0.717) is 58.9 Å². The Labute approximate surface area is 366 Å². The number of piperazine rings is 1. The van der Waals surface area contributed by atoms with Crippen molar-refractivity contribution >= 4 is 70.4 Å². The van der Waals surface area contributed by atoms with Gasteiger partial charge in [-0.05, 0) is 94.8 Å². The van der Waals surface area contributed by atoms with Crippen LogP contribution in [0.5, 0.6) is 0 Å². The van der Waals surface area contributed by atoms with Crippen molar-refractivity contribution in [1.82, 2.24) is 40.0 Å². The summed E-state index contributed by atoms with van der Waals surface area (Å²) in [6.07, 6.45) is 9.96. The topological polar surface area (TPSA) is 221 Å². The van der Waals surface area contributed by atoms with Crippen molar-refractivity contribution in [2.24, 2.45) is 0 Å². The number of aryl methyl sites for hydroxylation is 1. The van der Waals surface area contributed by atoms with Crippen LogP contribution < -0.4 is 31.7 Å². The van der Waals surface area contributed by atoms with Crippen LogP contribution in [0.15, 0.2) is 47.5 Å². The van der Waals surface area contributed by atoms with E-state index < -0.39 is 17.9 Å². The van der Waals surface area contributed by atoms with E-state index in [-0.39, 0.29) is 53.8 Å². The second-order valence-corrected chi connectivity index (χ2v) is 16.0. The van der Waals surface area contributed by atoms with Crippen molar-refractivity contribution in [2.75, 3.05) is 68.4 Å². The van der Waals surface area contributed by atoms with E-state index in [1.807, 2.05) is 18.3 Å². The van der Waals surface area contributed by atoms with Gasteiger partial charge in [-0.3, -0.25) is 43.1 Å². The number of benzene rings is 1. The first kappa shape index (κ1) is 46.0. The second-order valence-electron chi connectivity index (χ2n) is 16.0. The molecule has 1 aromatic carbocycles. The molecule has 4 heterocycles. The average Bonchev–Trinajstić information content (AvgIpc) is 3.82. The smallest absolute Gasteiger partial charge is 0.263 e. The normalized spacial score (nSPS) is 14.8. The highest BCUT2D eigenvalue weighted by Crippen LogP contribution is 2.32. The van der Waals surface area contributed by atoms with Gasteiger partial charge in [0, 0.05) is 75.1 Å². The molecule has 4 aromatic rings. The van der Waals surface area contributed by atoms with Crippen LogP contribution in [0.3, 0.4) is 0 Å². The summed E-state index contributed by atoms with van der Waals surface area (Å²) in [5.74, 6) is -0.786. The predicted octanol–water partition coefficient (Wildman–Crippen LogP) is 3.69. The Hall–Kier alpha value is -6.56. The third-order valence-corrected chi connectivity index (χ3v) is 12.0. The Balaban J connectivity index is 0.926. The van der Waals surface area contributed by atoms with Crippen LogP contribution in [-0.4, -0.2) is 124 Å². The molecule has 2 aliphatic rings. The van der Waals surface area contributed by atoms with Gasteiger partial charge in [0.25, 0.3) is 11.5 Å². The molecule has 334 valence electrons. The number of ketones is 1. The molecule has 2 fully saturated rings. The number of anilines is 4. The SMILES string of the molecule is CNC(=O)C(CCC=O)N(C=O)C(=O)c1cccc(NCC(=O)NCCCCN2CCN(c3ccc(Nc4ncc5c(C)c(C(C)=O)c(=O)n(C6CCCC6)c5n4)nc3)CC2)c1C. The summed E-state index contributed by atoms with van der Waals surface area (Å²) in [6.45, 7) is 9.79. The van der Waals surface area contributed by atoms with E-state index in [9.17, 15) is 33.6 Å². The molecule has 6 rings (SSSR count). The standard InChI is InChI=1S/C45H57N11O7/c1-29-34(43(62)55(28-58)37(15-10-24-57)42(61)46-4)13-9-14-36(29)48-27-39(60)47-18-7-8-19-53-20-22-54(23-21-53)33-16-17-38(49-25-33)51-45-50-26-35-30(2)40(31(3)59)44(63)56(41(35)52-45)32-11-5-6-12-32/h9,13-14,16-17,24-26,28,32,37,48H,5-8,10-12,15,18-23,27H2,1-4H3,(H,46,61)(H,47,60)(H,49,50,51,52). The van der Waals surface area contributed by atoms with E-state index >= 15 is 0 Å². The van der Waals surface area contributed by atoms with Gasteiger partial charge in [0.05, 0.1) is 24.0 Å². The lowest BCUT2D eigenvalue weighted by molar-refractivity contribution is -0.131. The second kappa shape index (κ2) is 21.5. The molecule has 18 nitrogen and oxygen atoms in total. The van der Waals surface area contributed by atoms with Crippen LogP contribution >= 0.6 is 0 Å². The first-order valence-electron chi connectivity index (χ1n) is 21.6. The molecule has 4 amide bonds. The molecule has 3 aromatic heterocycles. The zero-order valence-corrected chi connectivity index (χ0v) is 36.4. The Kier molecular flexibility index (Phi) is 15.7. The number of aromatic nitrogens is 4. The number of nitrogens with one attached hydrogen (secondary N) is 4. The Bertz CT molecular complexity index is 2370. The molecule has 18 heteroatoms. The van der Waals surface area contributed by atoms with Gasteiger partial charge in [0.2, 0.25) is 24.2 Å². The van der Waals surface area contributed by atoms with Crippen LogP contribution in [0.2, 0.25) is 0 Å². The summed E-state index contributed by atoms with van der Waals surface area (Å²) in [4.78, 5) is 107. The van der Waals surface area contributed by atoms with Crippen molar-refractivity contribution in [3.63, 3.8) is 0 Å². The van der Waals surface area contributed by atoms with Crippen molar-refractivity contribution < 1.29 is 28.8 Å². The van der Waals surface area contributed by atoms with Gasteiger partial charge in [-0.1, -0.05) is 18.9 Å². The third-order valence-electron chi connectivity index (χ3n) is 12.0. The number of unbranched alkanes of at least 4 members (excludes halogenated alkanes) is 1. The number of aldehydes is 1. The number of carbonyl (C=O) groups excluding carboxylic acids is 6. The number of likely N-dealkylation sites (N-methyl/N-ethyl adjacent to an activating group) is 1. The summed E-state index contributed by atoms with van der Waals surface area (Å²) >= 11 is 0. The molecule has 0 bridgehead atoms. The van der Waals surface area contributed by atoms with Crippen molar-refractivity contribution in [1.29, 1.82) is 0 Å². The first-order valence-corrected chi connectivity index (χ1v) is 21.6. The highest BCUT2D eigenvalue weighted by atomic mass is 16.2. The Morgan fingerprint density at radius 2 is 1.71 bits per heavy atom. The van der Waals surface area contributed by atoms with Gasteiger partial charge in [-0.15, -0.1) is 0 Å². The summed E-state index contributed by atoms with van der Waals surface area (Å²) in [7, 11) is 1.39. The summed E-state index contributed by atoms with van der Waals surface area (Å²) in [5.41, 5.74) is 3.30. The van der Waals surface area contributed by atoms with Crippen molar-refractivity contribution in [3.05, 3.63) is 75.3 Å². The quantitative estimate of drug-likeness (QED) is 0.0566. The number of amides is 4. The molecule has 0 radical (unpaired) electrons. The number of pyridine rings is 2. The zero-order valence-electron chi connectivity index (χ0n) is 36.4. The van der Waals surface area contributed by atoms with Crippen LogP contribution in [-0.2, 0) is 19.2 Å². The van der Waals surface area contributed by atoms with E-state index in [4.69, 9.17) is 4.98 Å². The molecular formula is C45H57N11O7. The molecule has 1 saturated carbocycles. The fourth-order valence-electron chi connectivity index (χ4n) is 8.48. The maximum absolute atomic E-state index is 13.6. The number of imide groups is 1. The van der Waals surface area contributed by atoms with Gasteiger partial charge in [-0.25, -0.2) is 9.97 Å². The molecule has 1 unspecified atom stereocenters. The van der Waals surface area contributed by atoms with Gasteiger partial charge in [-0.2, -0.15) is 4.98 Å². The molecular weight excluding hydrogens is 807 g/mol. The predicted molar refractivity (Wildman–Crippen MR) is 240 cm³/mol. The number of hydrogen-bond acceptors (Lipinski definition) is 14. The largest absolute Gasteiger partial charge is 0.376 e. The average molecular weight is 864 g/mol. The molecule has 1 saturated heterocycles. The molecule has 1 atom stereocenters. The molecule has 63 heavy (non-hydrogen) atoms. The molecule has 4 N–H and O–H groups in total. The molecule has 0 spiro atoms. The Morgan fingerprint density at radius 3 is 2.38 bits per heavy atom. The van der Waals surface area contributed by atoms with E-state index in [1.54, 1.807) is 42.8 Å². The fourth-order valence-corrected chi connectivity index (χ4v) is 8.48. The number of Topliss-reactive ketones (excluding diaryl/α,β-unsaturated/α-hetero) is 1. The van der Waals surface area contributed by atoms with E-state index in [1.165, 1.54) is 14.0 Å². The number of fused-ring (bicyclic) bond motifs is 1. The minimum atomic E-state index is -1.13. The number of nitrogens with zero attached hydrogens (tertiary/aromatic N) is 7. The lowest BCUT2D eigenvalue weighted by Crippen LogP contribution is -2.48.